The summed E-state index contributed by atoms with van der Waals surface area (Å²) in [4.78, 5) is 42.8. The van der Waals surface area contributed by atoms with E-state index in [0.29, 0.717) is 24.2 Å². The average molecular weight is 475 g/mol. The summed E-state index contributed by atoms with van der Waals surface area (Å²) in [5.41, 5.74) is 3.60. The molecule has 1 saturated heterocycles. The van der Waals surface area contributed by atoms with Gasteiger partial charge in [0.25, 0.3) is 5.91 Å². The van der Waals surface area contributed by atoms with Crippen molar-refractivity contribution in [3.63, 3.8) is 0 Å². The molecular weight excluding hydrogens is 456 g/mol. The van der Waals surface area contributed by atoms with Crippen LogP contribution in [0, 0.1) is 0 Å². The van der Waals surface area contributed by atoms with Gasteiger partial charge in [0.1, 0.15) is 22.5 Å². The van der Waals surface area contributed by atoms with Crippen molar-refractivity contribution in [2.75, 3.05) is 7.11 Å². The molecule has 2 aliphatic heterocycles. The Morgan fingerprint density at radius 1 is 1.15 bits per heavy atom. The molecule has 2 aromatic carbocycles. The van der Waals surface area contributed by atoms with Gasteiger partial charge >= 0.3 is 0 Å². The molecule has 1 unspecified atom stereocenters. The molecule has 2 aliphatic rings. The number of carbonyl (C=O) groups is 3. The van der Waals surface area contributed by atoms with Gasteiger partial charge in [0.15, 0.2) is 0 Å². The van der Waals surface area contributed by atoms with E-state index in [1.54, 1.807) is 30.1 Å². The molecular formula is C23H18N6O4S. The second-order valence-corrected chi connectivity index (χ2v) is 9.17. The summed E-state index contributed by atoms with van der Waals surface area (Å²) < 4.78 is 7.92. The highest BCUT2D eigenvalue weighted by atomic mass is 32.1. The van der Waals surface area contributed by atoms with Crippen molar-refractivity contribution in [3.8, 4) is 22.1 Å². The minimum absolute atomic E-state index is 0.208. The number of imide groups is 1. The first-order valence-electron chi connectivity index (χ1n) is 10.7. The van der Waals surface area contributed by atoms with Crippen molar-refractivity contribution in [2.24, 2.45) is 0 Å². The zero-order valence-corrected chi connectivity index (χ0v) is 18.8. The molecule has 10 nitrogen and oxygen atoms in total. The maximum atomic E-state index is 12.9. The predicted octanol–water partition coefficient (Wildman–Crippen LogP) is 2.31. The van der Waals surface area contributed by atoms with E-state index >= 15 is 0 Å². The maximum Gasteiger partial charge on any atom is 0.255 e. The summed E-state index contributed by atoms with van der Waals surface area (Å²) in [6, 6.07) is 10.5. The van der Waals surface area contributed by atoms with Crippen LogP contribution in [0.25, 0.3) is 26.6 Å². The molecule has 4 aromatic rings. The fraction of sp³-hybridized carbons (Fsp3) is 0.217. The van der Waals surface area contributed by atoms with Crippen LogP contribution in [0.2, 0.25) is 0 Å². The second-order valence-electron chi connectivity index (χ2n) is 8.14. The SMILES string of the molecule is COc1ccc2nc(-c3cn(-c4ccc5c(c4)CN(C4CCC(=O)NC4=O)C5=O)nn3)sc2c1. The Morgan fingerprint density at radius 2 is 2.03 bits per heavy atom. The van der Waals surface area contributed by atoms with Crippen LogP contribution in [-0.4, -0.2) is 55.8 Å². The van der Waals surface area contributed by atoms with Crippen molar-refractivity contribution in [1.29, 1.82) is 0 Å². The number of rotatable bonds is 4. The van der Waals surface area contributed by atoms with Crippen molar-refractivity contribution in [1.82, 2.24) is 30.2 Å². The van der Waals surface area contributed by atoms with E-state index in [0.717, 1.165) is 32.2 Å². The van der Waals surface area contributed by atoms with Gasteiger partial charge in [0.2, 0.25) is 11.8 Å². The van der Waals surface area contributed by atoms with E-state index < -0.39 is 11.9 Å². The van der Waals surface area contributed by atoms with Crippen LogP contribution in [0.3, 0.4) is 0 Å². The Hall–Kier alpha value is -4.12. The Kier molecular flexibility index (Phi) is 4.66. The number of methoxy groups -OCH3 is 1. The first-order valence-corrected chi connectivity index (χ1v) is 11.5. The van der Waals surface area contributed by atoms with E-state index in [2.05, 4.69) is 20.6 Å². The third kappa shape index (κ3) is 3.32. The molecule has 34 heavy (non-hydrogen) atoms. The number of aromatic nitrogens is 4. The number of hydrogen-bond donors (Lipinski definition) is 1. The summed E-state index contributed by atoms with van der Waals surface area (Å²) in [6.45, 7) is 0.301. The molecule has 1 fully saturated rings. The van der Waals surface area contributed by atoms with Gasteiger partial charge in [-0.25, -0.2) is 9.67 Å². The molecule has 170 valence electrons. The number of piperidine rings is 1. The molecule has 0 aliphatic carbocycles. The van der Waals surface area contributed by atoms with E-state index in [4.69, 9.17) is 4.74 Å². The molecule has 0 spiro atoms. The number of benzene rings is 2. The minimum atomic E-state index is -0.642. The summed E-state index contributed by atoms with van der Waals surface area (Å²) >= 11 is 1.51. The first kappa shape index (κ1) is 20.5. The normalized spacial score (nSPS) is 17.9. The first-order chi connectivity index (χ1) is 16.5. The van der Waals surface area contributed by atoms with Crippen molar-refractivity contribution in [2.45, 2.75) is 25.4 Å². The van der Waals surface area contributed by atoms with Gasteiger partial charge in [-0.15, -0.1) is 16.4 Å². The topological polar surface area (TPSA) is 119 Å². The lowest BCUT2D eigenvalue weighted by Crippen LogP contribution is -2.52. The average Bonchev–Trinajstić information content (AvgIpc) is 3.55. The van der Waals surface area contributed by atoms with Crippen LogP contribution in [0.1, 0.15) is 28.8 Å². The standard InChI is InChI=1S/C23H18N6O4S/c1-33-14-3-5-16-19(9-14)34-22(24-16)17-11-29(27-26-17)13-2-4-15-12(8-13)10-28(23(15)32)18-6-7-20(30)25-21(18)31/h2-5,8-9,11,18H,6-7,10H2,1H3,(H,25,30,31). The van der Waals surface area contributed by atoms with Crippen molar-refractivity contribution < 1.29 is 19.1 Å². The smallest absolute Gasteiger partial charge is 0.255 e. The van der Waals surface area contributed by atoms with E-state index in [-0.39, 0.29) is 18.2 Å². The quantitative estimate of drug-likeness (QED) is 0.451. The van der Waals surface area contributed by atoms with Crippen LogP contribution in [0.4, 0.5) is 0 Å². The number of nitrogens with zero attached hydrogens (tertiary/aromatic N) is 5. The zero-order valence-electron chi connectivity index (χ0n) is 18.0. The highest BCUT2D eigenvalue weighted by Crippen LogP contribution is 2.32. The van der Waals surface area contributed by atoms with E-state index in [1.807, 2.05) is 24.3 Å². The zero-order chi connectivity index (χ0) is 23.4. The molecule has 3 amide bonds. The number of ether oxygens (including phenoxy) is 1. The van der Waals surface area contributed by atoms with Crippen LogP contribution in [0.15, 0.2) is 42.6 Å². The largest absolute Gasteiger partial charge is 0.497 e. The third-order valence-corrected chi connectivity index (χ3v) is 7.12. The van der Waals surface area contributed by atoms with Crippen molar-refractivity contribution >= 4 is 39.3 Å². The Morgan fingerprint density at radius 3 is 2.85 bits per heavy atom. The van der Waals surface area contributed by atoms with Gasteiger partial charge in [0.05, 0.1) is 29.2 Å². The molecule has 0 bridgehead atoms. The monoisotopic (exact) mass is 474 g/mol. The number of carbonyl (C=O) groups excluding carboxylic acids is 3. The maximum absolute atomic E-state index is 12.9. The van der Waals surface area contributed by atoms with E-state index in [9.17, 15) is 14.4 Å². The highest BCUT2D eigenvalue weighted by molar-refractivity contribution is 7.21. The van der Waals surface area contributed by atoms with Crippen LogP contribution < -0.4 is 10.1 Å². The highest BCUT2D eigenvalue weighted by Gasteiger charge is 2.39. The van der Waals surface area contributed by atoms with E-state index in [1.165, 1.54) is 16.2 Å². The van der Waals surface area contributed by atoms with Gasteiger partial charge in [-0.3, -0.25) is 19.7 Å². The number of hydrogen-bond acceptors (Lipinski definition) is 8. The fourth-order valence-corrected chi connectivity index (χ4v) is 5.28. The van der Waals surface area contributed by atoms with Crippen LogP contribution in [0.5, 0.6) is 5.75 Å². The Labute approximate surface area is 197 Å². The van der Waals surface area contributed by atoms with Gasteiger partial charge in [-0.2, -0.15) is 0 Å². The summed E-state index contributed by atoms with van der Waals surface area (Å²) in [7, 11) is 1.63. The minimum Gasteiger partial charge on any atom is -0.497 e. The molecule has 6 rings (SSSR count). The number of fused-ring (bicyclic) bond motifs is 2. The van der Waals surface area contributed by atoms with Gasteiger partial charge < -0.3 is 9.64 Å². The Balaban J connectivity index is 1.27. The third-order valence-electron chi connectivity index (χ3n) is 6.08. The van der Waals surface area contributed by atoms with Gasteiger partial charge in [-0.05, 0) is 48.4 Å². The summed E-state index contributed by atoms with van der Waals surface area (Å²) in [5, 5.41) is 11.6. The lowest BCUT2D eigenvalue weighted by atomic mass is 10.0. The molecule has 1 N–H and O–H groups in total. The number of thiazole rings is 1. The van der Waals surface area contributed by atoms with Crippen LogP contribution in [-0.2, 0) is 16.1 Å². The molecule has 4 heterocycles. The molecule has 11 heteroatoms. The molecule has 2 aromatic heterocycles. The predicted molar refractivity (Wildman–Crippen MR) is 123 cm³/mol. The van der Waals surface area contributed by atoms with Gasteiger partial charge in [0, 0.05) is 18.5 Å². The summed E-state index contributed by atoms with van der Waals surface area (Å²) in [6.07, 6.45) is 2.35. The van der Waals surface area contributed by atoms with Crippen molar-refractivity contribution in [3.05, 3.63) is 53.7 Å². The molecule has 0 radical (unpaired) electrons. The molecule has 0 saturated carbocycles. The lowest BCUT2D eigenvalue weighted by Gasteiger charge is -2.29. The fourth-order valence-electron chi connectivity index (χ4n) is 4.33. The summed E-state index contributed by atoms with van der Waals surface area (Å²) in [5.74, 6) is -0.167. The number of amides is 3. The lowest BCUT2D eigenvalue weighted by molar-refractivity contribution is -0.136. The molecule has 1 atom stereocenters. The number of nitrogens with one attached hydrogen (secondary N) is 1. The van der Waals surface area contributed by atoms with Gasteiger partial charge in [-0.1, -0.05) is 5.21 Å². The Bertz CT molecular complexity index is 1490. The van der Waals surface area contributed by atoms with Crippen LogP contribution >= 0.6 is 11.3 Å². The second kappa shape index (κ2) is 7.73.